The minimum atomic E-state index is -0.561. The molecule has 0 aliphatic rings. The molecule has 1 aromatic rings. The van der Waals surface area contributed by atoms with Gasteiger partial charge in [0.05, 0.1) is 4.92 Å². The number of nitrogens with zero attached hydrogens (tertiary/aromatic N) is 1. The first-order chi connectivity index (χ1) is 7.06. The van der Waals surface area contributed by atoms with Crippen LogP contribution in [0.1, 0.15) is 24.8 Å². The third-order valence-electron chi connectivity index (χ3n) is 2.28. The Morgan fingerprint density at radius 2 is 2.27 bits per heavy atom. The molecule has 0 amide bonds. The van der Waals surface area contributed by atoms with Gasteiger partial charge in [-0.05, 0) is 24.0 Å². The van der Waals surface area contributed by atoms with Crippen molar-refractivity contribution < 1.29 is 14.4 Å². The maximum Gasteiger partial charge on any atom is 0.269 e. The van der Waals surface area contributed by atoms with Crippen molar-refractivity contribution in [2.24, 2.45) is 0 Å². The molecule has 5 heteroatoms. The van der Waals surface area contributed by atoms with E-state index in [2.05, 4.69) is 0 Å². The van der Waals surface area contributed by atoms with Gasteiger partial charge in [-0.25, -0.2) is 4.39 Å². The van der Waals surface area contributed by atoms with Crippen LogP contribution in [0.5, 0.6) is 0 Å². The molecule has 0 unspecified atom stereocenters. The second-order valence-corrected chi connectivity index (χ2v) is 3.38. The van der Waals surface area contributed by atoms with Gasteiger partial charge >= 0.3 is 0 Å². The summed E-state index contributed by atoms with van der Waals surface area (Å²) in [4.78, 5) is 9.92. The Kier molecular flexibility index (Phi) is 3.74. The molecule has 0 saturated heterocycles. The summed E-state index contributed by atoms with van der Waals surface area (Å²) in [7, 11) is 0. The maximum atomic E-state index is 13.3. The summed E-state index contributed by atoms with van der Waals surface area (Å²) in [5, 5.41) is 19.2. The third kappa shape index (κ3) is 2.73. The van der Waals surface area contributed by atoms with Gasteiger partial charge in [-0.15, -0.1) is 0 Å². The van der Waals surface area contributed by atoms with E-state index in [4.69, 9.17) is 5.11 Å². The quantitative estimate of drug-likeness (QED) is 0.616. The molecule has 4 nitrogen and oxygen atoms in total. The van der Waals surface area contributed by atoms with E-state index in [9.17, 15) is 14.5 Å². The first-order valence-electron chi connectivity index (χ1n) is 4.61. The molecule has 0 fully saturated rings. The molecule has 15 heavy (non-hydrogen) atoms. The zero-order valence-electron chi connectivity index (χ0n) is 8.31. The summed E-state index contributed by atoms with van der Waals surface area (Å²) >= 11 is 0. The first kappa shape index (κ1) is 11.6. The summed E-state index contributed by atoms with van der Waals surface area (Å²) in [5.41, 5.74) is 0.148. The highest BCUT2D eigenvalue weighted by molar-refractivity contribution is 5.36. The zero-order valence-corrected chi connectivity index (χ0v) is 8.31. The Bertz CT molecular complexity index is 368. The topological polar surface area (TPSA) is 63.4 Å². The van der Waals surface area contributed by atoms with Crippen molar-refractivity contribution in [2.45, 2.75) is 19.3 Å². The molecule has 0 radical (unpaired) electrons. The predicted molar refractivity (Wildman–Crippen MR) is 53.2 cm³/mol. The highest BCUT2D eigenvalue weighted by Gasteiger charge is 2.15. The molecule has 0 aromatic heterocycles. The molecule has 1 atom stereocenters. The van der Waals surface area contributed by atoms with Gasteiger partial charge in [0.25, 0.3) is 5.69 Å². The summed E-state index contributed by atoms with van der Waals surface area (Å²) in [6.45, 7) is 1.65. The lowest BCUT2D eigenvalue weighted by molar-refractivity contribution is -0.385. The molecule has 82 valence electrons. The Morgan fingerprint density at radius 1 is 1.60 bits per heavy atom. The standard InChI is InChI=1S/C10H12FNO3/c1-7(4-5-13)9-6-8(12(14)15)2-3-10(9)11/h2-3,6-7,13H,4-5H2,1H3/t7-/m1/s1. The molecule has 0 aliphatic heterocycles. The van der Waals surface area contributed by atoms with Gasteiger partial charge < -0.3 is 5.11 Å². The van der Waals surface area contributed by atoms with Gasteiger partial charge in [0, 0.05) is 18.7 Å². The fourth-order valence-corrected chi connectivity index (χ4v) is 1.37. The van der Waals surface area contributed by atoms with E-state index < -0.39 is 10.7 Å². The molecule has 1 aromatic carbocycles. The van der Waals surface area contributed by atoms with Gasteiger partial charge in [0.2, 0.25) is 0 Å². The average Bonchev–Trinajstić information content (AvgIpc) is 2.18. The Labute approximate surface area is 86.5 Å². The highest BCUT2D eigenvalue weighted by Crippen LogP contribution is 2.25. The largest absolute Gasteiger partial charge is 0.396 e. The predicted octanol–water partition coefficient (Wildman–Crippen LogP) is 2.22. The Hall–Kier alpha value is -1.49. The minimum Gasteiger partial charge on any atom is -0.396 e. The van der Waals surface area contributed by atoms with Crippen LogP contribution >= 0.6 is 0 Å². The third-order valence-corrected chi connectivity index (χ3v) is 2.28. The van der Waals surface area contributed by atoms with E-state index in [-0.39, 0.29) is 23.8 Å². The fraction of sp³-hybridized carbons (Fsp3) is 0.400. The number of aliphatic hydroxyl groups is 1. The molecule has 0 spiro atoms. The van der Waals surface area contributed by atoms with Crippen LogP contribution < -0.4 is 0 Å². The highest BCUT2D eigenvalue weighted by atomic mass is 19.1. The van der Waals surface area contributed by atoms with Gasteiger partial charge in [-0.3, -0.25) is 10.1 Å². The maximum absolute atomic E-state index is 13.3. The monoisotopic (exact) mass is 213 g/mol. The van der Waals surface area contributed by atoms with E-state index in [0.29, 0.717) is 6.42 Å². The van der Waals surface area contributed by atoms with Crippen LogP contribution in [0.15, 0.2) is 18.2 Å². The van der Waals surface area contributed by atoms with Crippen molar-refractivity contribution >= 4 is 5.69 Å². The van der Waals surface area contributed by atoms with E-state index >= 15 is 0 Å². The summed E-state index contributed by atoms with van der Waals surface area (Å²) in [6.07, 6.45) is 0.387. The lowest BCUT2D eigenvalue weighted by Crippen LogP contribution is -2.01. The normalized spacial score (nSPS) is 12.5. The van der Waals surface area contributed by atoms with Crippen molar-refractivity contribution in [1.82, 2.24) is 0 Å². The van der Waals surface area contributed by atoms with E-state index in [0.717, 1.165) is 12.1 Å². The van der Waals surface area contributed by atoms with Crippen LogP contribution in [0.25, 0.3) is 0 Å². The smallest absolute Gasteiger partial charge is 0.269 e. The number of hydrogen-bond acceptors (Lipinski definition) is 3. The van der Waals surface area contributed by atoms with Crippen LogP contribution in [0.2, 0.25) is 0 Å². The number of nitro benzene ring substituents is 1. The number of hydrogen-bond donors (Lipinski definition) is 1. The number of benzene rings is 1. The van der Waals surface area contributed by atoms with Gasteiger partial charge in [-0.2, -0.15) is 0 Å². The zero-order chi connectivity index (χ0) is 11.4. The number of rotatable bonds is 4. The molecular weight excluding hydrogens is 201 g/mol. The number of nitro groups is 1. The molecule has 0 saturated carbocycles. The lowest BCUT2D eigenvalue weighted by Gasteiger charge is -2.10. The summed E-state index contributed by atoms with van der Waals surface area (Å²) < 4.78 is 13.3. The molecule has 0 heterocycles. The lowest BCUT2D eigenvalue weighted by atomic mass is 9.97. The van der Waals surface area contributed by atoms with E-state index in [1.165, 1.54) is 6.07 Å². The van der Waals surface area contributed by atoms with Gasteiger partial charge in [-0.1, -0.05) is 6.92 Å². The van der Waals surface area contributed by atoms with Crippen LogP contribution in [0, 0.1) is 15.9 Å². The molecule has 0 aliphatic carbocycles. The fourth-order valence-electron chi connectivity index (χ4n) is 1.37. The first-order valence-corrected chi connectivity index (χ1v) is 4.61. The molecule has 1 N–H and O–H groups in total. The second-order valence-electron chi connectivity index (χ2n) is 3.38. The summed E-state index contributed by atoms with van der Waals surface area (Å²) in [5.74, 6) is -0.698. The van der Waals surface area contributed by atoms with Crippen LogP contribution in [-0.2, 0) is 0 Å². The van der Waals surface area contributed by atoms with Crippen molar-refractivity contribution in [3.63, 3.8) is 0 Å². The van der Waals surface area contributed by atoms with Crippen molar-refractivity contribution in [1.29, 1.82) is 0 Å². The molecule has 0 bridgehead atoms. The van der Waals surface area contributed by atoms with Crippen molar-refractivity contribution in [3.05, 3.63) is 39.7 Å². The average molecular weight is 213 g/mol. The number of non-ortho nitro benzene ring substituents is 1. The second kappa shape index (κ2) is 4.84. The van der Waals surface area contributed by atoms with Crippen LogP contribution in [0.3, 0.4) is 0 Å². The van der Waals surface area contributed by atoms with Crippen molar-refractivity contribution in [2.75, 3.05) is 6.61 Å². The van der Waals surface area contributed by atoms with Crippen LogP contribution in [-0.4, -0.2) is 16.6 Å². The van der Waals surface area contributed by atoms with Crippen molar-refractivity contribution in [3.8, 4) is 0 Å². The van der Waals surface area contributed by atoms with E-state index in [1.54, 1.807) is 6.92 Å². The number of aliphatic hydroxyl groups excluding tert-OH is 1. The molecule has 1 rings (SSSR count). The van der Waals surface area contributed by atoms with Gasteiger partial charge in [0.1, 0.15) is 5.82 Å². The Morgan fingerprint density at radius 3 is 2.80 bits per heavy atom. The number of halogens is 1. The Balaban J connectivity index is 3.04. The van der Waals surface area contributed by atoms with E-state index in [1.807, 2.05) is 0 Å². The minimum absolute atomic E-state index is 0.0662. The SMILES string of the molecule is C[C@H](CCO)c1cc([N+](=O)[O-])ccc1F. The van der Waals surface area contributed by atoms with Crippen LogP contribution in [0.4, 0.5) is 10.1 Å². The summed E-state index contributed by atoms with van der Waals surface area (Å²) in [6, 6.07) is 3.43. The van der Waals surface area contributed by atoms with Gasteiger partial charge in [0.15, 0.2) is 0 Å². The molecular formula is C10H12FNO3.